The zero-order chi connectivity index (χ0) is 27.0. The van der Waals surface area contributed by atoms with E-state index in [9.17, 15) is 4.79 Å². The summed E-state index contributed by atoms with van der Waals surface area (Å²) in [6.45, 7) is 6.87. The van der Waals surface area contributed by atoms with Crippen LogP contribution < -0.4 is 20.3 Å². The molecule has 2 aromatic heterocycles. The molecule has 39 heavy (non-hydrogen) atoms. The lowest BCUT2D eigenvalue weighted by atomic mass is 9.77. The van der Waals surface area contributed by atoms with Gasteiger partial charge in [0.25, 0.3) is 0 Å². The summed E-state index contributed by atoms with van der Waals surface area (Å²) in [6.07, 6.45) is 5.71. The first-order valence-electron chi connectivity index (χ1n) is 12.7. The Labute approximate surface area is 231 Å². The summed E-state index contributed by atoms with van der Waals surface area (Å²) >= 11 is 6.52. The minimum absolute atomic E-state index is 0.236. The number of hydrogen-bond acceptors (Lipinski definition) is 8. The van der Waals surface area contributed by atoms with Crippen LogP contribution in [-0.4, -0.2) is 58.0 Å². The third kappa shape index (κ3) is 4.86. The highest BCUT2D eigenvalue weighted by atomic mass is 35.5. The standard InChI is InChI=1S/C29H28ClN7O2/c1-3-27(38)35-24-13-21-23(14-25(24)37-16-29(17-37)9-11-36(29)2)32-18-33-28(21)34-19-7-8-26(22(30)12-19)39-15-20-6-4-5-10-31-20/h3-8,10,12-14,18H,1,9,11,15-17H2,2H3,(H,35,38)(H,32,33,34). The van der Waals surface area contributed by atoms with Crippen LogP contribution in [0, 0.1) is 0 Å². The smallest absolute Gasteiger partial charge is 0.247 e. The number of halogens is 1. The van der Waals surface area contributed by atoms with Crippen LogP contribution in [0.5, 0.6) is 5.75 Å². The lowest BCUT2D eigenvalue weighted by Crippen LogP contribution is -2.76. The van der Waals surface area contributed by atoms with Gasteiger partial charge in [0.1, 0.15) is 24.5 Å². The van der Waals surface area contributed by atoms with E-state index in [4.69, 9.17) is 16.3 Å². The summed E-state index contributed by atoms with van der Waals surface area (Å²) in [4.78, 5) is 30.3. The quantitative estimate of drug-likeness (QED) is 0.300. The second-order valence-corrected chi connectivity index (χ2v) is 10.3. The van der Waals surface area contributed by atoms with Crippen molar-refractivity contribution in [1.82, 2.24) is 19.9 Å². The van der Waals surface area contributed by atoms with Crippen LogP contribution in [0.3, 0.4) is 0 Å². The second-order valence-electron chi connectivity index (χ2n) is 9.93. The van der Waals surface area contributed by atoms with Crippen molar-refractivity contribution < 1.29 is 9.53 Å². The number of carbonyl (C=O) groups is 1. The van der Waals surface area contributed by atoms with Gasteiger partial charge in [-0.3, -0.25) is 14.7 Å². The Morgan fingerprint density at radius 3 is 2.74 bits per heavy atom. The fourth-order valence-electron chi connectivity index (χ4n) is 5.09. The van der Waals surface area contributed by atoms with E-state index >= 15 is 0 Å². The molecule has 2 fully saturated rings. The highest BCUT2D eigenvalue weighted by Gasteiger charge is 2.52. The Morgan fingerprint density at radius 2 is 2.05 bits per heavy atom. The molecule has 0 saturated carbocycles. The molecule has 2 saturated heterocycles. The van der Waals surface area contributed by atoms with Gasteiger partial charge in [-0.1, -0.05) is 24.2 Å². The molecule has 9 nitrogen and oxygen atoms in total. The summed E-state index contributed by atoms with van der Waals surface area (Å²) in [5.74, 6) is 0.882. The average molecular weight is 542 g/mol. The van der Waals surface area contributed by atoms with Gasteiger partial charge < -0.3 is 20.3 Å². The fourth-order valence-corrected chi connectivity index (χ4v) is 5.33. The van der Waals surface area contributed by atoms with E-state index in [1.165, 1.54) is 18.8 Å². The number of aromatic nitrogens is 3. The molecule has 1 spiro atoms. The largest absolute Gasteiger partial charge is 0.486 e. The summed E-state index contributed by atoms with van der Waals surface area (Å²) < 4.78 is 5.84. The molecule has 198 valence electrons. The second kappa shape index (κ2) is 10.2. The van der Waals surface area contributed by atoms with Gasteiger partial charge in [-0.05, 0) is 62.0 Å². The normalized spacial score (nSPS) is 15.9. The van der Waals surface area contributed by atoms with Crippen molar-refractivity contribution in [2.24, 2.45) is 0 Å². The number of benzene rings is 2. The zero-order valence-electron chi connectivity index (χ0n) is 21.5. The molecular formula is C29H28ClN7O2. The number of anilines is 4. The van der Waals surface area contributed by atoms with E-state index in [0.29, 0.717) is 28.9 Å². The first-order chi connectivity index (χ1) is 18.9. The predicted molar refractivity (Wildman–Crippen MR) is 154 cm³/mol. The van der Waals surface area contributed by atoms with Crippen molar-refractivity contribution in [1.29, 1.82) is 0 Å². The number of fused-ring (bicyclic) bond motifs is 1. The van der Waals surface area contributed by atoms with Gasteiger partial charge in [0.2, 0.25) is 5.91 Å². The average Bonchev–Trinajstić information content (AvgIpc) is 2.92. The molecule has 6 rings (SSSR count). The summed E-state index contributed by atoms with van der Waals surface area (Å²) in [7, 11) is 2.16. The fraction of sp³-hybridized carbons (Fsp3) is 0.241. The van der Waals surface area contributed by atoms with Crippen molar-refractivity contribution in [3.8, 4) is 5.75 Å². The number of likely N-dealkylation sites (N-methyl/N-ethyl adjacent to an activating group) is 1. The molecule has 2 aliphatic rings. The van der Waals surface area contributed by atoms with Crippen LogP contribution in [0.2, 0.25) is 5.02 Å². The number of hydrogen-bond donors (Lipinski definition) is 2. The third-order valence-electron chi connectivity index (χ3n) is 7.53. The Bertz CT molecular complexity index is 1560. The minimum atomic E-state index is -0.272. The van der Waals surface area contributed by atoms with Crippen LogP contribution in [0.15, 0.2) is 73.7 Å². The van der Waals surface area contributed by atoms with Gasteiger partial charge in [0.05, 0.1) is 33.1 Å². The van der Waals surface area contributed by atoms with Crippen molar-refractivity contribution in [3.63, 3.8) is 0 Å². The zero-order valence-corrected chi connectivity index (χ0v) is 22.3. The lowest BCUT2D eigenvalue weighted by molar-refractivity contribution is -0.111. The van der Waals surface area contributed by atoms with Gasteiger partial charge in [0.15, 0.2) is 0 Å². The highest BCUT2D eigenvalue weighted by Crippen LogP contribution is 2.44. The Balaban J connectivity index is 1.26. The van der Waals surface area contributed by atoms with Crippen LogP contribution in [0.4, 0.5) is 22.9 Å². The van der Waals surface area contributed by atoms with Crippen molar-refractivity contribution in [2.45, 2.75) is 18.6 Å². The maximum Gasteiger partial charge on any atom is 0.247 e. The van der Waals surface area contributed by atoms with Gasteiger partial charge in [-0.25, -0.2) is 9.97 Å². The summed E-state index contributed by atoms with van der Waals surface area (Å²) in [5.41, 5.74) is 4.19. The molecule has 2 N–H and O–H groups in total. The van der Waals surface area contributed by atoms with Crippen LogP contribution in [0.1, 0.15) is 12.1 Å². The van der Waals surface area contributed by atoms with Gasteiger partial charge >= 0.3 is 0 Å². The molecule has 4 heterocycles. The number of nitrogens with zero attached hydrogens (tertiary/aromatic N) is 5. The van der Waals surface area contributed by atoms with Crippen molar-refractivity contribution in [2.75, 3.05) is 42.2 Å². The number of nitrogens with one attached hydrogen (secondary N) is 2. The van der Waals surface area contributed by atoms with Crippen molar-refractivity contribution >= 4 is 51.3 Å². The molecule has 0 aliphatic carbocycles. The molecule has 10 heteroatoms. The SMILES string of the molecule is C=CC(=O)Nc1cc2c(Nc3ccc(OCc4ccccn4)c(Cl)c3)ncnc2cc1N1CC2(CCN2C)C1. The maximum absolute atomic E-state index is 12.3. The van der Waals surface area contributed by atoms with Gasteiger partial charge in [0, 0.05) is 36.9 Å². The van der Waals surface area contributed by atoms with E-state index < -0.39 is 0 Å². The van der Waals surface area contributed by atoms with Crippen LogP contribution in [0.25, 0.3) is 10.9 Å². The molecule has 2 aliphatic heterocycles. The number of likely N-dealkylation sites (tertiary alicyclic amines) is 1. The Kier molecular flexibility index (Phi) is 6.54. The van der Waals surface area contributed by atoms with E-state index in [1.54, 1.807) is 12.3 Å². The molecule has 1 amide bonds. The van der Waals surface area contributed by atoms with E-state index in [0.717, 1.165) is 47.6 Å². The van der Waals surface area contributed by atoms with E-state index in [1.807, 2.05) is 42.5 Å². The molecular weight excluding hydrogens is 514 g/mol. The number of rotatable bonds is 8. The topological polar surface area (TPSA) is 95.5 Å². The molecule has 0 unspecified atom stereocenters. The minimum Gasteiger partial charge on any atom is -0.486 e. The maximum atomic E-state index is 12.3. The van der Waals surface area contributed by atoms with Gasteiger partial charge in [-0.2, -0.15) is 0 Å². The number of amides is 1. The highest BCUT2D eigenvalue weighted by molar-refractivity contribution is 6.32. The summed E-state index contributed by atoms with van der Waals surface area (Å²) in [6, 6.07) is 15.1. The van der Waals surface area contributed by atoms with Gasteiger partial charge in [-0.15, -0.1) is 0 Å². The first-order valence-corrected chi connectivity index (χ1v) is 13.1. The Morgan fingerprint density at radius 1 is 1.18 bits per heavy atom. The number of ether oxygens (including phenoxy) is 1. The molecule has 0 bridgehead atoms. The Hall–Kier alpha value is -4.21. The van der Waals surface area contributed by atoms with Crippen LogP contribution >= 0.6 is 11.6 Å². The number of pyridine rings is 1. The predicted octanol–water partition coefficient (Wildman–Crippen LogP) is 5.02. The lowest BCUT2D eigenvalue weighted by Gasteiger charge is -2.62. The van der Waals surface area contributed by atoms with Crippen molar-refractivity contribution in [3.05, 3.63) is 84.4 Å². The molecule has 0 radical (unpaired) electrons. The molecule has 0 atom stereocenters. The molecule has 4 aromatic rings. The first kappa shape index (κ1) is 25.1. The van der Waals surface area contributed by atoms with Crippen LogP contribution in [-0.2, 0) is 11.4 Å². The number of carbonyl (C=O) groups excluding carboxylic acids is 1. The monoisotopic (exact) mass is 541 g/mol. The molecule has 2 aromatic carbocycles. The van der Waals surface area contributed by atoms with E-state index in [2.05, 4.69) is 49.0 Å². The third-order valence-corrected chi connectivity index (χ3v) is 7.82. The summed E-state index contributed by atoms with van der Waals surface area (Å²) in [5, 5.41) is 7.54. The van der Waals surface area contributed by atoms with E-state index in [-0.39, 0.29) is 11.4 Å².